The maximum absolute atomic E-state index is 12.1. The van der Waals surface area contributed by atoms with Crippen molar-refractivity contribution >= 4 is 35.2 Å². The van der Waals surface area contributed by atoms with Crippen LogP contribution in [0.2, 0.25) is 6.32 Å². The maximum Gasteiger partial charge on any atom is 0.490 e. The van der Waals surface area contributed by atoms with Crippen molar-refractivity contribution in [2.75, 3.05) is 19.6 Å². The van der Waals surface area contributed by atoms with Crippen LogP contribution in [-0.4, -0.2) is 89.3 Å². The number of carbonyl (C=O) groups excluding carboxylic acids is 1. The van der Waals surface area contributed by atoms with Gasteiger partial charge in [-0.3, -0.25) is 9.59 Å². The van der Waals surface area contributed by atoms with E-state index in [1.165, 1.54) is 0 Å². The molecule has 0 radical (unpaired) electrons. The average molecular weight is 466 g/mol. The van der Waals surface area contributed by atoms with Crippen LogP contribution in [0, 0.1) is 5.92 Å². The topological polar surface area (TPSA) is 234 Å². The second-order valence-corrected chi connectivity index (χ2v) is 8.10. The maximum atomic E-state index is 12.1. The molecule has 30 heavy (non-hydrogen) atoms. The van der Waals surface area contributed by atoms with E-state index in [-0.39, 0.29) is 25.7 Å². The first kappa shape index (κ1) is 28.0. The van der Waals surface area contributed by atoms with E-state index >= 15 is 0 Å². The number of carbonyl (C=O) groups is 3. The Labute approximate surface area is 169 Å². The highest BCUT2D eigenvalue weighted by Gasteiger charge is 2.52. The quantitative estimate of drug-likeness (QED) is 0.169. The van der Waals surface area contributed by atoms with Crippen LogP contribution in [0.1, 0.15) is 12.8 Å². The van der Waals surface area contributed by atoms with Gasteiger partial charge in [0.05, 0.1) is 6.54 Å². The molecule has 1 fully saturated rings. The molecule has 0 bridgehead atoms. The second kappa shape index (κ2) is 10.9. The number of halogens is 3. The van der Waals surface area contributed by atoms with Crippen molar-refractivity contribution in [1.82, 2.24) is 9.03 Å². The van der Waals surface area contributed by atoms with Gasteiger partial charge in [0, 0.05) is 19.0 Å². The fourth-order valence-electron chi connectivity index (χ4n) is 2.47. The molecule has 0 aromatic rings. The first-order valence-corrected chi connectivity index (χ1v) is 9.59. The van der Waals surface area contributed by atoms with Crippen LogP contribution < -0.4 is 16.2 Å². The number of nitrogens with two attached hydrogens (primary N) is 2. The molecule has 0 aliphatic carbocycles. The van der Waals surface area contributed by atoms with Crippen molar-refractivity contribution in [3.63, 3.8) is 0 Å². The van der Waals surface area contributed by atoms with Crippen LogP contribution in [0.4, 0.5) is 13.2 Å². The van der Waals surface area contributed by atoms with Gasteiger partial charge in [-0.1, -0.05) is 6.42 Å². The lowest BCUT2D eigenvalue weighted by atomic mass is 9.78. The monoisotopic (exact) mass is 466 g/mol. The number of rotatable bonds is 9. The van der Waals surface area contributed by atoms with Crippen LogP contribution in [0.5, 0.6) is 0 Å². The molecule has 1 aliphatic heterocycles. The van der Waals surface area contributed by atoms with E-state index in [1.807, 2.05) is 4.72 Å². The molecule has 13 nitrogen and oxygen atoms in total. The van der Waals surface area contributed by atoms with Crippen molar-refractivity contribution in [2.24, 2.45) is 17.4 Å². The molecule has 9 N–H and O–H groups in total. The minimum atomic E-state index is -5.08. The fourth-order valence-corrected chi connectivity index (χ4v) is 3.74. The number of hydrogen-bond donors (Lipinski definition) is 7. The molecule has 0 aromatic heterocycles. The van der Waals surface area contributed by atoms with Gasteiger partial charge >= 0.3 is 25.2 Å². The van der Waals surface area contributed by atoms with Crippen molar-refractivity contribution in [2.45, 2.75) is 30.9 Å². The van der Waals surface area contributed by atoms with Crippen molar-refractivity contribution in [3.05, 3.63) is 0 Å². The predicted molar refractivity (Wildman–Crippen MR) is 93.7 cm³/mol. The van der Waals surface area contributed by atoms with Gasteiger partial charge in [-0.25, -0.2) is 4.79 Å². The number of primary amides is 1. The molecule has 1 rings (SSSR count). The lowest BCUT2D eigenvalue weighted by Gasteiger charge is -2.25. The summed E-state index contributed by atoms with van der Waals surface area (Å²) in [5, 5.41) is 34.1. The molecule has 1 amide bonds. The Morgan fingerprint density at radius 1 is 1.23 bits per heavy atom. The lowest BCUT2D eigenvalue weighted by molar-refractivity contribution is -0.192. The van der Waals surface area contributed by atoms with E-state index in [1.54, 1.807) is 0 Å². The highest BCUT2D eigenvalue weighted by molar-refractivity contribution is 7.87. The standard InChI is InChI=1S/C10H21BN4O7S.C2HF3O2/c12-8(16)4-14-23(21,22)15-5-7(2-1-3-11(19)20)10(13,6-15)9(17)18;3-2(4,5)1(6)7/h7,14,19-20H,1-6,13H2,(H2,12,16)(H,17,18);(H,6,7)/t7-,10-;/m0./s1. The summed E-state index contributed by atoms with van der Waals surface area (Å²) in [5.74, 6) is -5.69. The molecule has 0 saturated carbocycles. The van der Waals surface area contributed by atoms with E-state index in [0.717, 1.165) is 4.31 Å². The number of hydrogen-bond acceptors (Lipinski definition) is 8. The van der Waals surface area contributed by atoms with Crippen LogP contribution in [0.25, 0.3) is 0 Å². The summed E-state index contributed by atoms with van der Waals surface area (Å²) in [6.07, 6.45) is -4.57. The number of nitrogens with zero attached hydrogens (tertiary/aromatic N) is 1. The Morgan fingerprint density at radius 2 is 1.73 bits per heavy atom. The first-order chi connectivity index (χ1) is 13.4. The number of carboxylic acid groups (broad SMARTS) is 2. The molecule has 2 atom stereocenters. The van der Waals surface area contributed by atoms with E-state index in [0.29, 0.717) is 0 Å². The third kappa shape index (κ3) is 8.80. The van der Waals surface area contributed by atoms with Crippen molar-refractivity contribution in [3.8, 4) is 0 Å². The number of carboxylic acids is 2. The minimum Gasteiger partial charge on any atom is -0.480 e. The Balaban J connectivity index is 0.00000103. The Morgan fingerprint density at radius 3 is 2.10 bits per heavy atom. The van der Waals surface area contributed by atoms with Gasteiger partial charge in [0.1, 0.15) is 5.54 Å². The molecule has 1 saturated heterocycles. The van der Waals surface area contributed by atoms with Gasteiger partial charge in [-0.05, 0) is 12.7 Å². The van der Waals surface area contributed by atoms with Crippen LogP contribution >= 0.6 is 0 Å². The van der Waals surface area contributed by atoms with E-state index in [4.69, 9.17) is 31.4 Å². The van der Waals surface area contributed by atoms with E-state index < -0.39 is 65.9 Å². The average Bonchev–Trinajstić information content (AvgIpc) is 2.92. The number of amides is 1. The van der Waals surface area contributed by atoms with Gasteiger partial charge in [0.15, 0.2) is 0 Å². The Bertz CT molecular complexity index is 737. The largest absolute Gasteiger partial charge is 0.490 e. The van der Waals surface area contributed by atoms with E-state index in [9.17, 15) is 36.3 Å². The van der Waals surface area contributed by atoms with Crippen LogP contribution in [-0.2, 0) is 24.6 Å². The lowest BCUT2D eigenvalue weighted by Crippen LogP contribution is -2.55. The van der Waals surface area contributed by atoms with Gasteiger partial charge in [0.2, 0.25) is 5.91 Å². The zero-order valence-corrected chi connectivity index (χ0v) is 16.2. The molecule has 0 unspecified atom stereocenters. The SMILES string of the molecule is NC(=O)CNS(=O)(=O)N1C[C@H](CCCB(O)O)[C@](N)(C(=O)O)C1.O=C(O)C(F)(F)F. The number of alkyl halides is 3. The van der Waals surface area contributed by atoms with E-state index in [2.05, 4.69) is 0 Å². The van der Waals surface area contributed by atoms with Gasteiger partial charge in [0.25, 0.3) is 10.2 Å². The van der Waals surface area contributed by atoms with Crippen molar-refractivity contribution in [1.29, 1.82) is 0 Å². The number of nitrogens with one attached hydrogen (secondary N) is 1. The third-order valence-corrected chi connectivity index (χ3v) is 5.48. The van der Waals surface area contributed by atoms with Gasteiger partial charge in [-0.15, -0.1) is 0 Å². The highest BCUT2D eigenvalue weighted by atomic mass is 32.2. The molecular formula is C12H22BF3N4O9S. The molecule has 1 aliphatic rings. The molecular weight excluding hydrogens is 444 g/mol. The third-order valence-electron chi connectivity index (χ3n) is 4.01. The molecule has 18 heteroatoms. The molecule has 0 spiro atoms. The summed E-state index contributed by atoms with van der Waals surface area (Å²) in [6.45, 7) is -1.22. The summed E-state index contributed by atoms with van der Waals surface area (Å²) < 4.78 is 58.7. The fraction of sp³-hybridized carbons (Fsp3) is 0.750. The molecule has 0 aromatic carbocycles. The molecule has 1 heterocycles. The summed E-state index contributed by atoms with van der Waals surface area (Å²) in [7, 11) is -5.62. The van der Waals surface area contributed by atoms with Crippen molar-refractivity contribution < 1.29 is 56.2 Å². The zero-order chi connectivity index (χ0) is 23.9. The van der Waals surface area contributed by atoms with Gasteiger partial charge in [-0.2, -0.15) is 30.6 Å². The smallest absolute Gasteiger partial charge is 0.480 e. The molecule has 174 valence electrons. The summed E-state index contributed by atoms with van der Waals surface area (Å²) in [5.41, 5.74) is 8.94. The minimum absolute atomic E-state index is 0.0267. The van der Waals surface area contributed by atoms with Crippen LogP contribution in [0.15, 0.2) is 0 Å². The predicted octanol–water partition coefficient (Wildman–Crippen LogP) is -3.09. The summed E-state index contributed by atoms with van der Waals surface area (Å²) >= 11 is 0. The normalized spacial score (nSPS) is 22.1. The highest BCUT2D eigenvalue weighted by Crippen LogP contribution is 2.31. The first-order valence-electron chi connectivity index (χ1n) is 8.15. The summed E-state index contributed by atoms with van der Waals surface area (Å²) in [4.78, 5) is 31.0. The van der Waals surface area contributed by atoms with Crippen LogP contribution in [0.3, 0.4) is 0 Å². The Kier molecular flexibility index (Phi) is 10.1. The number of aliphatic carboxylic acids is 2. The summed E-state index contributed by atoms with van der Waals surface area (Å²) in [6, 6.07) is 0. The second-order valence-electron chi connectivity index (χ2n) is 6.34. The van der Waals surface area contributed by atoms with Gasteiger partial charge < -0.3 is 31.7 Å². The Hall–Kier alpha value is -1.99. The zero-order valence-electron chi connectivity index (χ0n) is 15.4.